The zero-order chi connectivity index (χ0) is 12.1. The van der Waals surface area contributed by atoms with Crippen LogP contribution in [0.3, 0.4) is 0 Å². The summed E-state index contributed by atoms with van der Waals surface area (Å²) in [5.74, 6) is 1.48. The van der Waals surface area contributed by atoms with Crippen molar-refractivity contribution >= 4 is 0 Å². The molecule has 0 aromatic heterocycles. The highest BCUT2D eigenvalue weighted by molar-refractivity contribution is 5.37. The first-order valence-electron chi connectivity index (χ1n) is 6.04. The smallest absolute Gasteiger partial charge is 0.122 e. The molecule has 16 heavy (non-hydrogen) atoms. The number of benzene rings is 1. The first-order chi connectivity index (χ1) is 7.63. The molecule has 0 fully saturated rings. The maximum atomic E-state index is 6.28. The summed E-state index contributed by atoms with van der Waals surface area (Å²) in [6, 6.07) is 6.37. The van der Waals surface area contributed by atoms with E-state index in [1.165, 1.54) is 5.56 Å². The van der Waals surface area contributed by atoms with Gasteiger partial charge in [-0.1, -0.05) is 38.8 Å². The van der Waals surface area contributed by atoms with Gasteiger partial charge in [0.2, 0.25) is 0 Å². The summed E-state index contributed by atoms with van der Waals surface area (Å²) in [6.07, 6.45) is 2.24. The van der Waals surface area contributed by atoms with E-state index < -0.39 is 0 Å². The zero-order valence-electron chi connectivity index (χ0n) is 10.8. The van der Waals surface area contributed by atoms with Gasteiger partial charge in [-0.15, -0.1) is 0 Å². The molecule has 2 N–H and O–H groups in total. The van der Waals surface area contributed by atoms with Crippen molar-refractivity contribution < 1.29 is 4.74 Å². The second-order valence-corrected chi connectivity index (χ2v) is 4.33. The second-order valence-electron chi connectivity index (χ2n) is 4.33. The molecule has 0 aliphatic rings. The Kier molecular flexibility index (Phi) is 4.81. The van der Waals surface area contributed by atoms with Crippen molar-refractivity contribution in [2.24, 2.45) is 11.7 Å². The summed E-state index contributed by atoms with van der Waals surface area (Å²) in [6.45, 7) is 6.43. The van der Waals surface area contributed by atoms with E-state index in [1.807, 2.05) is 6.92 Å². The van der Waals surface area contributed by atoms with Gasteiger partial charge in [0.1, 0.15) is 5.75 Å². The minimum atomic E-state index is 0.115. The molecular formula is C14H23NO. The number of methoxy groups -OCH3 is 1. The Labute approximate surface area is 98.8 Å². The highest BCUT2D eigenvalue weighted by Crippen LogP contribution is 2.28. The number of ether oxygens (including phenoxy) is 1. The fourth-order valence-corrected chi connectivity index (χ4v) is 2.11. The molecule has 0 aliphatic carbocycles. The van der Waals surface area contributed by atoms with Crippen LogP contribution in [-0.4, -0.2) is 7.11 Å². The van der Waals surface area contributed by atoms with Gasteiger partial charge in [0.15, 0.2) is 0 Å². The van der Waals surface area contributed by atoms with Crippen molar-refractivity contribution in [1.82, 2.24) is 0 Å². The van der Waals surface area contributed by atoms with Gasteiger partial charge in [-0.2, -0.15) is 0 Å². The van der Waals surface area contributed by atoms with Crippen LogP contribution < -0.4 is 10.5 Å². The summed E-state index contributed by atoms with van der Waals surface area (Å²) < 4.78 is 5.33. The van der Waals surface area contributed by atoms with E-state index in [1.54, 1.807) is 7.11 Å². The van der Waals surface area contributed by atoms with Crippen LogP contribution in [-0.2, 0) is 0 Å². The Hall–Kier alpha value is -1.02. The van der Waals surface area contributed by atoms with Crippen molar-refractivity contribution in [1.29, 1.82) is 0 Å². The van der Waals surface area contributed by atoms with Gasteiger partial charge in [-0.3, -0.25) is 0 Å². The normalized spacial score (nSPS) is 12.9. The van der Waals surface area contributed by atoms with Crippen LogP contribution in [0.15, 0.2) is 18.2 Å². The maximum Gasteiger partial charge on any atom is 0.122 e. The molecule has 0 saturated carbocycles. The van der Waals surface area contributed by atoms with E-state index in [0.717, 1.165) is 24.2 Å². The molecule has 0 aliphatic heterocycles. The second kappa shape index (κ2) is 5.90. The van der Waals surface area contributed by atoms with Crippen molar-refractivity contribution in [3.8, 4) is 5.75 Å². The van der Waals surface area contributed by atoms with Crippen molar-refractivity contribution in [3.05, 3.63) is 29.3 Å². The minimum absolute atomic E-state index is 0.115. The maximum absolute atomic E-state index is 6.28. The van der Waals surface area contributed by atoms with Gasteiger partial charge in [0, 0.05) is 6.04 Å². The molecule has 1 rings (SSSR count). The predicted octanol–water partition coefficient (Wildman–Crippen LogP) is 3.44. The number of hydrogen-bond donors (Lipinski definition) is 1. The lowest BCUT2D eigenvalue weighted by atomic mass is 9.89. The molecule has 1 atom stereocenters. The fourth-order valence-electron chi connectivity index (χ4n) is 2.11. The van der Waals surface area contributed by atoms with Crippen molar-refractivity contribution in [3.63, 3.8) is 0 Å². The molecular weight excluding hydrogens is 198 g/mol. The zero-order valence-corrected chi connectivity index (χ0v) is 10.8. The fraction of sp³-hybridized carbons (Fsp3) is 0.571. The molecule has 90 valence electrons. The number of aryl methyl sites for hydroxylation is 1. The average molecular weight is 221 g/mol. The van der Waals surface area contributed by atoms with Crippen LogP contribution in [0.2, 0.25) is 0 Å². The monoisotopic (exact) mass is 221 g/mol. The minimum Gasteiger partial charge on any atom is -0.496 e. The Morgan fingerprint density at radius 1 is 1.25 bits per heavy atom. The molecule has 0 heterocycles. The summed E-state index contributed by atoms with van der Waals surface area (Å²) in [4.78, 5) is 0. The highest BCUT2D eigenvalue weighted by atomic mass is 16.5. The highest BCUT2D eigenvalue weighted by Gasteiger charge is 2.16. The van der Waals surface area contributed by atoms with Gasteiger partial charge in [-0.25, -0.2) is 0 Å². The predicted molar refractivity (Wildman–Crippen MR) is 68.7 cm³/mol. The van der Waals surface area contributed by atoms with E-state index in [9.17, 15) is 0 Å². The molecule has 0 bridgehead atoms. The van der Waals surface area contributed by atoms with E-state index >= 15 is 0 Å². The summed E-state index contributed by atoms with van der Waals surface area (Å²) in [7, 11) is 1.70. The third-order valence-electron chi connectivity index (χ3n) is 3.37. The number of hydrogen-bond acceptors (Lipinski definition) is 2. The molecule has 0 radical (unpaired) electrons. The van der Waals surface area contributed by atoms with Crippen LogP contribution in [0.4, 0.5) is 0 Å². The quantitative estimate of drug-likeness (QED) is 0.826. The number of rotatable bonds is 5. The standard InChI is InChI=1S/C14H23NO/c1-5-11(6-2)14(15)12-8-7-10(3)13(9-12)16-4/h7-9,11,14H,5-6,15H2,1-4H3. The molecule has 1 aromatic carbocycles. The van der Waals surface area contributed by atoms with E-state index in [2.05, 4.69) is 32.0 Å². The lowest BCUT2D eigenvalue weighted by Crippen LogP contribution is -2.20. The van der Waals surface area contributed by atoms with E-state index in [4.69, 9.17) is 10.5 Å². The van der Waals surface area contributed by atoms with Gasteiger partial charge in [0.25, 0.3) is 0 Å². The lowest BCUT2D eigenvalue weighted by molar-refractivity contribution is 0.395. The van der Waals surface area contributed by atoms with Crippen LogP contribution in [0.1, 0.15) is 43.9 Å². The van der Waals surface area contributed by atoms with E-state index in [0.29, 0.717) is 5.92 Å². The summed E-state index contributed by atoms with van der Waals surface area (Å²) in [5, 5.41) is 0. The molecule has 2 heteroatoms. The summed E-state index contributed by atoms with van der Waals surface area (Å²) >= 11 is 0. The summed E-state index contributed by atoms with van der Waals surface area (Å²) in [5.41, 5.74) is 8.61. The Bertz CT molecular complexity index is 332. The SMILES string of the molecule is CCC(CC)C(N)c1ccc(C)c(OC)c1. The average Bonchev–Trinajstić information content (AvgIpc) is 2.31. The van der Waals surface area contributed by atoms with Crippen LogP contribution in [0.5, 0.6) is 5.75 Å². The Morgan fingerprint density at radius 2 is 1.88 bits per heavy atom. The topological polar surface area (TPSA) is 35.2 Å². The lowest BCUT2D eigenvalue weighted by Gasteiger charge is -2.22. The molecule has 1 aromatic rings. The van der Waals surface area contributed by atoms with Crippen molar-refractivity contribution in [2.45, 2.75) is 39.7 Å². The van der Waals surface area contributed by atoms with Crippen LogP contribution >= 0.6 is 0 Å². The van der Waals surface area contributed by atoms with Gasteiger partial charge >= 0.3 is 0 Å². The molecule has 0 saturated heterocycles. The van der Waals surface area contributed by atoms with E-state index in [-0.39, 0.29) is 6.04 Å². The molecule has 1 unspecified atom stereocenters. The molecule has 0 spiro atoms. The largest absolute Gasteiger partial charge is 0.496 e. The first kappa shape index (κ1) is 13.0. The van der Waals surface area contributed by atoms with Gasteiger partial charge < -0.3 is 10.5 Å². The third-order valence-corrected chi connectivity index (χ3v) is 3.37. The molecule has 2 nitrogen and oxygen atoms in total. The first-order valence-corrected chi connectivity index (χ1v) is 6.04. The Morgan fingerprint density at radius 3 is 2.38 bits per heavy atom. The van der Waals surface area contributed by atoms with Crippen molar-refractivity contribution in [2.75, 3.05) is 7.11 Å². The Balaban J connectivity index is 2.95. The van der Waals surface area contributed by atoms with Crippen LogP contribution in [0, 0.1) is 12.8 Å². The van der Waals surface area contributed by atoms with Gasteiger partial charge in [0.05, 0.1) is 7.11 Å². The van der Waals surface area contributed by atoms with Gasteiger partial charge in [-0.05, 0) is 30.0 Å². The number of nitrogens with two attached hydrogens (primary N) is 1. The molecule has 0 amide bonds. The van der Waals surface area contributed by atoms with Crippen LogP contribution in [0.25, 0.3) is 0 Å². The third kappa shape index (κ3) is 2.76.